The van der Waals surface area contributed by atoms with Crippen LogP contribution in [0.1, 0.15) is 51.9 Å². The highest BCUT2D eigenvalue weighted by atomic mass is 16.2. The smallest absolute Gasteiger partial charge is 0.240 e. The molecule has 1 amide bonds. The van der Waals surface area contributed by atoms with Crippen molar-refractivity contribution in [1.29, 1.82) is 0 Å². The predicted octanol–water partition coefficient (Wildman–Crippen LogP) is 0.905. The minimum absolute atomic E-state index is 0.206. The third-order valence-corrected chi connectivity index (χ3v) is 4.39. The molecule has 0 aromatic carbocycles. The van der Waals surface area contributed by atoms with Gasteiger partial charge in [0.05, 0.1) is 5.54 Å². The Morgan fingerprint density at radius 3 is 2.65 bits per heavy atom. The molecular formula is C13H25N3O. The maximum absolute atomic E-state index is 12.3. The lowest BCUT2D eigenvalue weighted by Crippen LogP contribution is -2.56. The molecule has 4 heteroatoms. The molecule has 1 atom stereocenters. The summed E-state index contributed by atoms with van der Waals surface area (Å²) < 4.78 is 0. The van der Waals surface area contributed by atoms with Gasteiger partial charge in [-0.3, -0.25) is 4.79 Å². The van der Waals surface area contributed by atoms with Gasteiger partial charge in [0.1, 0.15) is 0 Å². The van der Waals surface area contributed by atoms with Gasteiger partial charge >= 0.3 is 0 Å². The SMILES string of the molecule is CCC1(C(=O)NC2CCC(N)CC2)CCCN1. The molecule has 1 heterocycles. The fourth-order valence-electron chi connectivity index (χ4n) is 3.05. The quantitative estimate of drug-likeness (QED) is 0.685. The Morgan fingerprint density at radius 2 is 2.12 bits per heavy atom. The van der Waals surface area contributed by atoms with E-state index in [0.29, 0.717) is 12.1 Å². The normalized spacial score (nSPS) is 38.0. The molecule has 17 heavy (non-hydrogen) atoms. The van der Waals surface area contributed by atoms with Gasteiger partial charge in [0, 0.05) is 12.1 Å². The molecule has 2 rings (SSSR count). The van der Waals surface area contributed by atoms with Crippen molar-refractivity contribution in [3.05, 3.63) is 0 Å². The van der Waals surface area contributed by atoms with Crippen LogP contribution in [0.4, 0.5) is 0 Å². The summed E-state index contributed by atoms with van der Waals surface area (Å²) in [5.74, 6) is 0.206. The van der Waals surface area contributed by atoms with E-state index in [-0.39, 0.29) is 11.4 Å². The van der Waals surface area contributed by atoms with Gasteiger partial charge < -0.3 is 16.4 Å². The van der Waals surface area contributed by atoms with E-state index in [9.17, 15) is 4.79 Å². The maximum atomic E-state index is 12.3. The fourth-order valence-corrected chi connectivity index (χ4v) is 3.05. The average Bonchev–Trinajstić information content (AvgIpc) is 2.82. The van der Waals surface area contributed by atoms with Gasteiger partial charge in [0.25, 0.3) is 0 Å². The predicted molar refractivity (Wildman–Crippen MR) is 68.6 cm³/mol. The molecule has 4 N–H and O–H groups in total. The summed E-state index contributed by atoms with van der Waals surface area (Å²) in [5, 5.41) is 6.60. The van der Waals surface area contributed by atoms with Crippen LogP contribution in [0.25, 0.3) is 0 Å². The third kappa shape index (κ3) is 2.80. The molecule has 0 aromatic rings. The highest BCUT2D eigenvalue weighted by Crippen LogP contribution is 2.24. The molecule has 98 valence electrons. The number of carbonyl (C=O) groups is 1. The number of nitrogens with one attached hydrogen (secondary N) is 2. The van der Waals surface area contributed by atoms with Gasteiger partial charge in [0.2, 0.25) is 5.91 Å². The molecule has 0 spiro atoms. The highest BCUT2D eigenvalue weighted by molar-refractivity contribution is 5.86. The van der Waals surface area contributed by atoms with Gasteiger partial charge in [-0.05, 0) is 51.5 Å². The molecule has 4 nitrogen and oxygen atoms in total. The molecule has 2 aliphatic rings. The monoisotopic (exact) mass is 239 g/mol. The van der Waals surface area contributed by atoms with E-state index in [1.807, 2.05) is 0 Å². The molecule has 1 unspecified atom stereocenters. The maximum Gasteiger partial charge on any atom is 0.240 e. The summed E-state index contributed by atoms with van der Waals surface area (Å²) in [4.78, 5) is 12.3. The van der Waals surface area contributed by atoms with Gasteiger partial charge in [-0.1, -0.05) is 6.92 Å². The van der Waals surface area contributed by atoms with E-state index in [1.54, 1.807) is 0 Å². The number of rotatable bonds is 3. The van der Waals surface area contributed by atoms with Crippen LogP contribution in [0, 0.1) is 0 Å². The summed E-state index contributed by atoms with van der Waals surface area (Å²) in [6.07, 6.45) is 7.11. The van der Waals surface area contributed by atoms with Crippen LogP contribution >= 0.6 is 0 Å². The van der Waals surface area contributed by atoms with E-state index in [1.165, 1.54) is 0 Å². The van der Waals surface area contributed by atoms with E-state index < -0.39 is 0 Å². The third-order valence-electron chi connectivity index (χ3n) is 4.39. The van der Waals surface area contributed by atoms with Crippen LogP contribution in [0.15, 0.2) is 0 Å². The van der Waals surface area contributed by atoms with E-state index in [2.05, 4.69) is 17.6 Å². The second kappa shape index (κ2) is 5.36. The molecule has 0 radical (unpaired) electrons. The number of carbonyl (C=O) groups excluding carboxylic acids is 1. The molecule has 2 fully saturated rings. The minimum Gasteiger partial charge on any atom is -0.352 e. The number of nitrogens with two attached hydrogens (primary N) is 1. The first-order valence-corrected chi connectivity index (χ1v) is 6.98. The zero-order chi connectivity index (χ0) is 12.3. The zero-order valence-corrected chi connectivity index (χ0v) is 10.8. The largest absolute Gasteiger partial charge is 0.352 e. The summed E-state index contributed by atoms with van der Waals surface area (Å²) in [6.45, 7) is 3.06. The molecule has 1 aliphatic heterocycles. The van der Waals surface area contributed by atoms with Crippen molar-refractivity contribution >= 4 is 5.91 Å². The lowest BCUT2D eigenvalue weighted by molar-refractivity contribution is -0.128. The molecule has 0 bridgehead atoms. The molecule has 1 saturated carbocycles. The molecule has 1 aliphatic carbocycles. The number of hydrogen-bond acceptors (Lipinski definition) is 3. The standard InChI is InChI=1S/C13H25N3O/c1-2-13(8-3-9-15-13)12(17)16-11-6-4-10(14)5-7-11/h10-11,15H,2-9,14H2,1H3,(H,16,17). The van der Waals surface area contributed by atoms with Crippen molar-refractivity contribution in [3.8, 4) is 0 Å². The average molecular weight is 239 g/mol. The Kier molecular flexibility index (Phi) is 4.05. The Hall–Kier alpha value is -0.610. The zero-order valence-electron chi connectivity index (χ0n) is 10.8. The van der Waals surface area contributed by atoms with Crippen LogP contribution in [0.3, 0.4) is 0 Å². The van der Waals surface area contributed by atoms with Gasteiger partial charge in [-0.25, -0.2) is 0 Å². The van der Waals surface area contributed by atoms with Gasteiger partial charge in [-0.2, -0.15) is 0 Å². The van der Waals surface area contributed by atoms with Crippen LogP contribution in [0.5, 0.6) is 0 Å². The Bertz CT molecular complexity index is 266. The summed E-state index contributed by atoms with van der Waals surface area (Å²) in [5.41, 5.74) is 5.58. The highest BCUT2D eigenvalue weighted by Gasteiger charge is 2.39. The molecule has 0 aromatic heterocycles. The first-order valence-electron chi connectivity index (χ1n) is 6.98. The van der Waals surface area contributed by atoms with Crippen LogP contribution in [0.2, 0.25) is 0 Å². The van der Waals surface area contributed by atoms with E-state index in [0.717, 1.165) is 51.5 Å². The van der Waals surface area contributed by atoms with Crippen LogP contribution in [-0.4, -0.2) is 30.1 Å². The van der Waals surface area contributed by atoms with Crippen molar-refractivity contribution in [3.63, 3.8) is 0 Å². The van der Waals surface area contributed by atoms with Crippen molar-refractivity contribution in [1.82, 2.24) is 10.6 Å². The molecular weight excluding hydrogens is 214 g/mol. The Labute approximate surface area is 104 Å². The van der Waals surface area contributed by atoms with Crippen molar-refractivity contribution < 1.29 is 4.79 Å². The first-order chi connectivity index (χ1) is 8.16. The van der Waals surface area contributed by atoms with Crippen molar-refractivity contribution in [2.75, 3.05) is 6.54 Å². The van der Waals surface area contributed by atoms with E-state index in [4.69, 9.17) is 5.73 Å². The van der Waals surface area contributed by atoms with Gasteiger partial charge in [-0.15, -0.1) is 0 Å². The summed E-state index contributed by atoms with van der Waals surface area (Å²) in [6, 6.07) is 0.681. The lowest BCUT2D eigenvalue weighted by Gasteiger charge is -2.32. The Morgan fingerprint density at radius 1 is 1.41 bits per heavy atom. The second-order valence-corrected chi connectivity index (χ2v) is 5.55. The van der Waals surface area contributed by atoms with Crippen molar-refractivity contribution in [2.45, 2.75) is 69.5 Å². The first kappa shape index (κ1) is 12.8. The summed E-state index contributed by atoms with van der Waals surface area (Å²) in [7, 11) is 0. The molecule has 1 saturated heterocycles. The van der Waals surface area contributed by atoms with Crippen LogP contribution < -0.4 is 16.4 Å². The fraction of sp³-hybridized carbons (Fsp3) is 0.923. The second-order valence-electron chi connectivity index (χ2n) is 5.55. The number of amides is 1. The minimum atomic E-state index is -0.292. The Balaban J connectivity index is 1.87. The topological polar surface area (TPSA) is 67.2 Å². The lowest BCUT2D eigenvalue weighted by atomic mass is 9.89. The van der Waals surface area contributed by atoms with Gasteiger partial charge in [0.15, 0.2) is 0 Å². The van der Waals surface area contributed by atoms with Crippen molar-refractivity contribution in [2.24, 2.45) is 5.73 Å². The number of hydrogen-bond donors (Lipinski definition) is 3. The van der Waals surface area contributed by atoms with E-state index >= 15 is 0 Å². The van der Waals surface area contributed by atoms with Crippen LogP contribution in [-0.2, 0) is 4.79 Å². The summed E-state index contributed by atoms with van der Waals surface area (Å²) >= 11 is 0.